The molecule has 1 atom stereocenters. The van der Waals surface area contributed by atoms with Crippen LogP contribution in [0.2, 0.25) is 5.02 Å². The van der Waals surface area contributed by atoms with Crippen molar-refractivity contribution in [1.29, 1.82) is 0 Å². The van der Waals surface area contributed by atoms with E-state index in [-0.39, 0.29) is 6.29 Å². The predicted octanol–water partition coefficient (Wildman–Crippen LogP) is 4.11. The molecule has 0 bridgehead atoms. The Morgan fingerprint density at radius 1 is 1.16 bits per heavy atom. The van der Waals surface area contributed by atoms with E-state index in [1.165, 1.54) is 18.4 Å². The minimum atomic E-state index is -0.0625. The number of benzene rings is 1. The number of aromatic nitrogens is 1. The van der Waals surface area contributed by atoms with Gasteiger partial charge in [-0.05, 0) is 37.1 Å². The third kappa shape index (κ3) is 4.41. The molecule has 2 aromatic rings. The summed E-state index contributed by atoms with van der Waals surface area (Å²) in [5, 5.41) is 4.11. The van der Waals surface area contributed by atoms with Crippen LogP contribution in [0.15, 0.2) is 29.6 Å². The van der Waals surface area contributed by atoms with Crippen LogP contribution >= 0.6 is 22.9 Å². The highest BCUT2D eigenvalue weighted by molar-refractivity contribution is 7.09. The second-order valence-electron chi connectivity index (χ2n) is 6.68. The zero-order valence-electron chi connectivity index (χ0n) is 14.2. The van der Waals surface area contributed by atoms with Gasteiger partial charge in [0.1, 0.15) is 0 Å². The van der Waals surface area contributed by atoms with Crippen LogP contribution in [0.3, 0.4) is 0 Å². The number of piperidine rings is 1. The van der Waals surface area contributed by atoms with Crippen molar-refractivity contribution in [2.24, 2.45) is 0 Å². The Labute approximate surface area is 157 Å². The summed E-state index contributed by atoms with van der Waals surface area (Å²) < 4.78 is 11.5. The number of nitrogens with zero attached hydrogens (tertiary/aromatic N) is 2. The highest BCUT2D eigenvalue weighted by Crippen LogP contribution is 2.26. The predicted molar refractivity (Wildman–Crippen MR) is 100 cm³/mol. The van der Waals surface area contributed by atoms with Gasteiger partial charge < -0.3 is 9.47 Å². The highest BCUT2D eigenvalue weighted by Gasteiger charge is 2.33. The van der Waals surface area contributed by atoms with E-state index in [0.717, 1.165) is 54.9 Å². The van der Waals surface area contributed by atoms with E-state index in [1.807, 2.05) is 12.1 Å². The van der Waals surface area contributed by atoms with Crippen LogP contribution in [0.4, 0.5) is 0 Å². The van der Waals surface area contributed by atoms with Crippen molar-refractivity contribution in [3.8, 4) is 0 Å². The third-order valence-electron chi connectivity index (χ3n) is 4.86. The molecule has 134 valence electrons. The van der Waals surface area contributed by atoms with Crippen molar-refractivity contribution in [3.05, 3.63) is 50.9 Å². The second kappa shape index (κ2) is 8.14. The summed E-state index contributed by atoms with van der Waals surface area (Å²) in [5.74, 6) is 0. The first-order valence-electron chi connectivity index (χ1n) is 8.93. The minimum absolute atomic E-state index is 0.0625. The molecule has 1 aromatic heterocycles. The minimum Gasteiger partial charge on any atom is -0.349 e. The molecular formula is C19H23ClN2O2S. The molecular weight excluding hydrogens is 356 g/mol. The topological polar surface area (TPSA) is 34.6 Å². The van der Waals surface area contributed by atoms with Crippen LogP contribution in [0, 0.1) is 0 Å². The summed E-state index contributed by atoms with van der Waals surface area (Å²) in [4.78, 5) is 7.33. The Balaban J connectivity index is 1.40. The maximum Gasteiger partial charge on any atom is 0.173 e. The van der Waals surface area contributed by atoms with E-state index in [9.17, 15) is 0 Å². The van der Waals surface area contributed by atoms with Crippen LogP contribution in [0.25, 0.3) is 0 Å². The fourth-order valence-electron chi connectivity index (χ4n) is 3.61. The quantitative estimate of drug-likeness (QED) is 0.784. The summed E-state index contributed by atoms with van der Waals surface area (Å²) in [6.07, 6.45) is 4.44. The van der Waals surface area contributed by atoms with E-state index in [1.54, 1.807) is 11.3 Å². The molecule has 2 aliphatic heterocycles. The number of hydrogen-bond acceptors (Lipinski definition) is 5. The van der Waals surface area contributed by atoms with Gasteiger partial charge in [-0.25, -0.2) is 4.98 Å². The Morgan fingerprint density at radius 2 is 1.96 bits per heavy atom. The van der Waals surface area contributed by atoms with Gasteiger partial charge in [0.05, 0.1) is 30.0 Å². The zero-order chi connectivity index (χ0) is 17.1. The lowest BCUT2D eigenvalue weighted by Crippen LogP contribution is -2.46. The molecule has 0 saturated carbocycles. The van der Waals surface area contributed by atoms with Crippen molar-refractivity contribution in [1.82, 2.24) is 9.88 Å². The Kier molecular flexibility index (Phi) is 5.68. The fourth-order valence-corrected chi connectivity index (χ4v) is 4.55. The molecule has 4 rings (SSSR count). The van der Waals surface area contributed by atoms with Gasteiger partial charge >= 0.3 is 0 Å². The first-order chi connectivity index (χ1) is 12.3. The molecule has 25 heavy (non-hydrogen) atoms. The van der Waals surface area contributed by atoms with E-state index >= 15 is 0 Å². The number of likely N-dealkylation sites (tertiary alicyclic amines) is 1. The molecule has 0 radical (unpaired) electrons. The number of rotatable bonds is 5. The maximum absolute atomic E-state index is 5.96. The van der Waals surface area contributed by atoms with Crippen molar-refractivity contribution >= 4 is 22.9 Å². The Morgan fingerprint density at radius 3 is 2.76 bits per heavy atom. The molecule has 4 nitrogen and oxygen atoms in total. The van der Waals surface area contributed by atoms with E-state index in [4.69, 9.17) is 26.1 Å². The Bertz CT molecular complexity index is 685. The lowest BCUT2D eigenvalue weighted by molar-refractivity contribution is -0.111. The molecule has 0 N–H and O–H groups in total. The van der Waals surface area contributed by atoms with Crippen molar-refractivity contribution in [3.63, 3.8) is 0 Å². The molecule has 0 aliphatic carbocycles. The van der Waals surface area contributed by atoms with E-state index < -0.39 is 0 Å². The summed E-state index contributed by atoms with van der Waals surface area (Å²) in [6.45, 7) is 3.41. The smallest absolute Gasteiger partial charge is 0.173 e. The zero-order valence-corrected chi connectivity index (χ0v) is 15.8. The van der Waals surface area contributed by atoms with Gasteiger partial charge in [0.25, 0.3) is 0 Å². The lowest BCUT2D eigenvalue weighted by Gasteiger charge is -2.37. The second-order valence-corrected chi connectivity index (χ2v) is 8.06. The van der Waals surface area contributed by atoms with Crippen molar-refractivity contribution in [2.75, 3.05) is 19.8 Å². The van der Waals surface area contributed by atoms with Crippen LogP contribution in [0.1, 0.15) is 35.5 Å². The average Bonchev–Trinajstić information content (AvgIpc) is 3.30. The molecule has 2 fully saturated rings. The molecule has 2 saturated heterocycles. The molecule has 3 heterocycles. The SMILES string of the molecule is Clc1ccc(Cc2nc(CN3CCCCC3C3OCCO3)cs2)cc1. The molecule has 0 spiro atoms. The van der Waals surface area contributed by atoms with Crippen molar-refractivity contribution in [2.45, 2.75) is 44.6 Å². The number of thiazole rings is 1. The summed E-state index contributed by atoms with van der Waals surface area (Å²) >= 11 is 7.69. The van der Waals surface area contributed by atoms with Crippen LogP contribution in [-0.4, -0.2) is 42.0 Å². The maximum atomic E-state index is 5.96. The Hall–Kier alpha value is -0.980. The van der Waals surface area contributed by atoms with E-state index in [0.29, 0.717) is 6.04 Å². The fraction of sp³-hybridized carbons (Fsp3) is 0.526. The first kappa shape index (κ1) is 17.4. The number of hydrogen-bond donors (Lipinski definition) is 0. The van der Waals surface area contributed by atoms with Crippen LogP contribution in [-0.2, 0) is 22.4 Å². The third-order valence-corrected chi connectivity index (χ3v) is 6.01. The summed E-state index contributed by atoms with van der Waals surface area (Å²) in [6, 6.07) is 8.37. The monoisotopic (exact) mass is 378 g/mol. The van der Waals surface area contributed by atoms with Gasteiger partial charge in [-0.2, -0.15) is 0 Å². The lowest BCUT2D eigenvalue weighted by atomic mass is 10.0. The number of ether oxygens (including phenoxy) is 2. The number of halogens is 1. The molecule has 6 heteroatoms. The van der Waals surface area contributed by atoms with Gasteiger partial charge in [0, 0.05) is 23.4 Å². The van der Waals surface area contributed by atoms with E-state index in [2.05, 4.69) is 22.4 Å². The van der Waals surface area contributed by atoms with Crippen LogP contribution < -0.4 is 0 Å². The molecule has 0 amide bonds. The molecule has 1 unspecified atom stereocenters. The van der Waals surface area contributed by atoms with Gasteiger partial charge in [0.15, 0.2) is 6.29 Å². The largest absolute Gasteiger partial charge is 0.349 e. The van der Waals surface area contributed by atoms with Gasteiger partial charge in [-0.15, -0.1) is 11.3 Å². The molecule has 1 aromatic carbocycles. The first-order valence-corrected chi connectivity index (χ1v) is 10.2. The van der Waals surface area contributed by atoms with Gasteiger partial charge in [0.2, 0.25) is 0 Å². The standard InChI is InChI=1S/C19H23ClN2O2S/c20-15-6-4-14(5-7-15)11-18-21-16(13-25-18)12-22-8-2-1-3-17(22)19-23-9-10-24-19/h4-7,13,17,19H,1-3,8-12H2. The van der Waals surface area contributed by atoms with Crippen molar-refractivity contribution < 1.29 is 9.47 Å². The highest BCUT2D eigenvalue weighted by atomic mass is 35.5. The normalized spacial score (nSPS) is 22.5. The average molecular weight is 379 g/mol. The summed E-state index contributed by atoms with van der Waals surface area (Å²) in [7, 11) is 0. The van der Waals surface area contributed by atoms with Gasteiger partial charge in [-0.3, -0.25) is 4.90 Å². The van der Waals surface area contributed by atoms with Gasteiger partial charge in [-0.1, -0.05) is 30.2 Å². The van der Waals surface area contributed by atoms with Crippen LogP contribution in [0.5, 0.6) is 0 Å². The summed E-state index contributed by atoms with van der Waals surface area (Å²) in [5.41, 5.74) is 2.40. The molecule has 2 aliphatic rings.